The van der Waals surface area contributed by atoms with Crippen molar-refractivity contribution in [3.63, 3.8) is 0 Å². The number of halogens is 3. The molecule has 1 saturated heterocycles. The van der Waals surface area contributed by atoms with E-state index in [1.807, 2.05) is 6.92 Å². The first-order valence-corrected chi connectivity index (χ1v) is 6.99. The Balaban J connectivity index is 2.15. The molecule has 2 N–H and O–H groups in total. The molecule has 2 rings (SSSR count). The Labute approximate surface area is 119 Å². The lowest BCUT2D eigenvalue weighted by Gasteiger charge is -2.22. The number of alkyl halides is 3. The summed E-state index contributed by atoms with van der Waals surface area (Å²) in [6, 6.07) is 5.95. The van der Waals surface area contributed by atoms with Gasteiger partial charge in [0.15, 0.2) is 0 Å². The Morgan fingerprint density at radius 3 is 2.70 bits per heavy atom. The summed E-state index contributed by atoms with van der Waals surface area (Å²) in [6.07, 6.45) is 0.674. The molecule has 1 aromatic carbocycles. The maximum Gasteiger partial charge on any atom is 0.446 e. The molecule has 0 radical (unpaired) electrons. The summed E-state index contributed by atoms with van der Waals surface area (Å²) in [4.78, 5) is 12.2. The van der Waals surface area contributed by atoms with Gasteiger partial charge in [0.25, 0.3) is 0 Å². The first kappa shape index (κ1) is 15.2. The molecule has 1 aromatic rings. The van der Waals surface area contributed by atoms with Crippen LogP contribution < -0.4 is 10.6 Å². The molecule has 3 nitrogen and oxygen atoms in total. The van der Waals surface area contributed by atoms with Crippen LogP contribution in [0.2, 0.25) is 0 Å². The maximum absolute atomic E-state index is 12.5. The van der Waals surface area contributed by atoms with Gasteiger partial charge in [-0.3, -0.25) is 4.79 Å². The van der Waals surface area contributed by atoms with Gasteiger partial charge in [0.05, 0.1) is 11.1 Å². The quantitative estimate of drug-likeness (QED) is 0.842. The molecule has 1 heterocycles. The van der Waals surface area contributed by atoms with Gasteiger partial charge in [-0.15, -0.1) is 0 Å². The highest BCUT2D eigenvalue weighted by atomic mass is 32.2. The number of anilines is 1. The predicted octanol–water partition coefficient (Wildman–Crippen LogP) is 3.24. The van der Waals surface area contributed by atoms with Crippen molar-refractivity contribution >= 4 is 23.4 Å². The van der Waals surface area contributed by atoms with Gasteiger partial charge in [0.2, 0.25) is 5.91 Å². The van der Waals surface area contributed by atoms with Crippen LogP contribution in [0.15, 0.2) is 29.2 Å². The fourth-order valence-electron chi connectivity index (χ4n) is 2.07. The molecule has 1 fully saturated rings. The van der Waals surface area contributed by atoms with Gasteiger partial charge in [-0.05, 0) is 43.8 Å². The van der Waals surface area contributed by atoms with Gasteiger partial charge in [-0.25, -0.2) is 0 Å². The zero-order chi connectivity index (χ0) is 14.8. The summed E-state index contributed by atoms with van der Waals surface area (Å²) < 4.78 is 37.4. The smallest absolute Gasteiger partial charge is 0.325 e. The van der Waals surface area contributed by atoms with E-state index < -0.39 is 10.9 Å². The number of hydrogen-bond donors (Lipinski definition) is 2. The second-order valence-electron chi connectivity index (χ2n) is 4.99. The van der Waals surface area contributed by atoms with E-state index in [0.717, 1.165) is 6.54 Å². The van der Waals surface area contributed by atoms with E-state index >= 15 is 0 Å². The molecular formula is C13H15F3N2OS. The van der Waals surface area contributed by atoms with Crippen LogP contribution in [0, 0.1) is 5.41 Å². The van der Waals surface area contributed by atoms with Crippen LogP contribution in [0.25, 0.3) is 0 Å². The van der Waals surface area contributed by atoms with Gasteiger partial charge in [-0.2, -0.15) is 13.2 Å². The Hall–Kier alpha value is -1.21. The third-order valence-corrected chi connectivity index (χ3v) is 4.09. The van der Waals surface area contributed by atoms with E-state index in [4.69, 9.17) is 0 Å². The fraction of sp³-hybridized carbons (Fsp3) is 0.462. The average Bonchev–Trinajstić information content (AvgIpc) is 2.78. The van der Waals surface area contributed by atoms with Crippen molar-refractivity contribution in [2.75, 3.05) is 18.4 Å². The number of thioether (sulfide) groups is 1. The molecular weight excluding hydrogens is 289 g/mol. The molecule has 0 aliphatic carbocycles. The summed E-state index contributed by atoms with van der Waals surface area (Å²) in [6.45, 7) is 3.08. The van der Waals surface area contributed by atoms with Crippen LogP contribution in [0.5, 0.6) is 0 Å². The molecule has 1 atom stereocenters. The first-order valence-electron chi connectivity index (χ1n) is 6.17. The third-order valence-electron chi connectivity index (χ3n) is 3.28. The van der Waals surface area contributed by atoms with E-state index in [9.17, 15) is 18.0 Å². The molecule has 110 valence electrons. The lowest BCUT2D eigenvalue weighted by Crippen LogP contribution is -2.35. The van der Waals surface area contributed by atoms with E-state index in [1.54, 1.807) is 6.07 Å². The third kappa shape index (κ3) is 3.67. The van der Waals surface area contributed by atoms with Crippen LogP contribution in [0.1, 0.15) is 13.3 Å². The lowest BCUT2D eigenvalue weighted by atomic mass is 9.89. The summed E-state index contributed by atoms with van der Waals surface area (Å²) >= 11 is -0.220. The number of carbonyl (C=O) groups is 1. The lowest BCUT2D eigenvalue weighted by molar-refractivity contribution is -0.123. The fourth-order valence-corrected chi connectivity index (χ4v) is 2.69. The second-order valence-corrected chi connectivity index (χ2v) is 6.09. The van der Waals surface area contributed by atoms with Gasteiger partial charge in [-0.1, -0.05) is 12.1 Å². The highest BCUT2D eigenvalue weighted by molar-refractivity contribution is 8.00. The molecule has 20 heavy (non-hydrogen) atoms. The molecule has 7 heteroatoms. The summed E-state index contributed by atoms with van der Waals surface area (Å²) in [5, 5.41) is 5.70. The molecule has 0 spiro atoms. The highest BCUT2D eigenvalue weighted by Gasteiger charge is 2.37. The maximum atomic E-state index is 12.5. The minimum absolute atomic E-state index is 0.00269. The van der Waals surface area contributed by atoms with Crippen molar-refractivity contribution in [1.29, 1.82) is 0 Å². The number of carbonyl (C=O) groups excluding carboxylic acids is 1. The van der Waals surface area contributed by atoms with Crippen molar-refractivity contribution in [3.8, 4) is 0 Å². The number of benzene rings is 1. The van der Waals surface area contributed by atoms with E-state index in [2.05, 4.69) is 10.6 Å². The Morgan fingerprint density at radius 2 is 2.10 bits per heavy atom. The minimum atomic E-state index is -4.38. The highest BCUT2D eigenvalue weighted by Crippen LogP contribution is 2.40. The number of para-hydroxylation sites is 1. The van der Waals surface area contributed by atoms with Gasteiger partial charge >= 0.3 is 5.51 Å². The summed E-state index contributed by atoms with van der Waals surface area (Å²) in [5.74, 6) is -0.252. The van der Waals surface area contributed by atoms with Crippen molar-refractivity contribution in [2.24, 2.45) is 5.41 Å². The summed E-state index contributed by atoms with van der Waals surface area (Å²) in [5.41, 5.74) is -4.75. The predicted molar refractivity (Wildman–Crippen MR) is 72.6 cm³/mol. The standard InChI is InChI=1S/C13H15F3N2OS/c1-12(6-7-17-8-12)11(19)18-9-4-2-3-5-10(9)20-13(14,15)16/h2-5,17H,6-8H2,1H3,(H,18,19). The second kappa shape index (κ2) is 5.65. The minimum Gasteiger partial charge on any atom is -0.325 e. The average molecular weight is 304 g/mol. The first-order chi connectivity index (χ1) is 9.30. The van der Waals surface area contributed by atoms with Gasteiger partial charge < -0.3 is 10.6 Å². The molecule has 0 saturated carbocycles. The Bertz CT molecular complexity index is 499. The molecule has 1 aliphatic heterocycles. The number of hydrogen-bond acceptors (Lipinski definition) is 3. The van der Waals surface area contributed by atoms with Crippen LogP contribution in [-0.4, -0.2) is 24.5 Å². The normalized spacial score (nSPS) is 22.8. The van der Waals surface area contributed by atoms with E-state index in [-0.39, 0.29) is 28.3 Å². The number of rotatable bonds is 3. The van der Waals surface area contributed by atoms with Crippen LogP contribution in [-0.2, 0) is 4.79 Å². The van der Waals surface area contributed by atoms with Crippen molar-refractivity contribution in [1.82, 2.24) is 5.32 Å². The van der Waals surface area contributed by atoms with E-state index in [1.165, 1.54) is 18.2 Å². The molecule has 0 bridgehead atoms. The zero-order valence-corrected chi connectivity index (χ0v) is 11.7. The van der Waals surface area contributed by atoms with E-state index in [0.29, 0.717) is 13.0 Å². The Kier molecular flexibility index (Phi) is 4.29. The molecule has 1 unspecified atom stereocenters. The molecule has 0 aromatic heterocycles. The zero-order valence-electron chi connectivity index (χ0n) is 10.9. The van der Waals surface area contributed by atoms with Crippen molar-refractivity contribution < 1.29 is 18.0 Å². The SMILES string of the molecule is CC1(C(=O)Nc2ccccc2SC(F)(F)F)CCNC1. The van der Waals surface area contributed by atoms with Crippen LogP contribution >= 0.6 is 11.8 Å². The number of nitrogens with one attached hydrogen (secondary N) is 2. The molecule has 1 amide bonds. The largest absolute Gasteiger partial charge is 0.446 e. The monoisotopic (exact) mass is 304 g/mol. The number of amides is 1. The van der Waals surface area contributed by atoms with Crippen LogP contribution in [0.3, 0.4) is 0 Å². The topological polar surface area (TPSA) is 41.1 Å². The summed E-state index contributed by atoms with van der Waals surface area (Å²) in [7, 11) is 0. The molecule has 1 aliphatic rings. The Morgan fingerprint density at radius 1 is 1.40 bits per heavy atom. The van der Waals surface area contributed by atoms with Crippen LogP contribution in [0.4, 0.5) is 18.9 Å². The van der Waals surface area contributed by atoms with Crippen molar-refractivity contribution in [2.45, 2.75) is 23.7 Å². The van der Waals surface area contributed by atoms with Gasteiger partial charge in [0, 0.05) is 11.4 Å². The van der Waals surface area contributed by atoms with Gasteiger partial charge in [0.1, 0.15) is 0 Å². The van der Waals surface area contributed by atoms with Crippen molar-refractivity contribution in [3.05, 3.63) is 24.3 Å².